The number of hydrogen-bond donors (Lipinski definition) is 2. The lowest BCUT2D eigenvalue weighted by molar-refractivity contribution is -0.116. The molecule has 1 aliphatic heterocycles. The van der Waals surface area contributed by atoms with Crippen LogP contribution in [0, 0.1) is 6.92 Å². The second-order valence-electron chi connectivity index (χ2n) is 5.18. The van der Waals surface area contributed by atoms with E-state index in [0.29, 0.717) is 43.7 Å². The van der Waals surface area contributed by atoms with Crippen LogP contribution in [0.25, 0.3) is 0 Å². The molecule has 0 radical (unpaired) electrons. The Morgan fingerprint density at radius 1 is 1.41 bits per heavy atom. The molecule has 2 rings (SSSR count). The van der Waals surface area contributed by atoms with Gasteiger partial charge in [-0.3, -0.25) is 9.10 Å². The van der Waals surface area contributed by atoms with Gasteiger partial charge < -0.3 is 11.1 Å². The molecule has 124 valence electrons. The highest BCUT2D eigenvalue weighted by molar-refractivity contribution is 7.93. The number of carbonyl (C=O) groups excluding carboxylic acids is 1. The van der Waals surface area contributed by atoms with Gasteiger partial charge >= 0.3 is 0 Å². The van der Waals surface area contributed by atoms with Crippen LogP contribution in [0.3, 0.4) is 0 Å². The molecule has 1 aliphatic rings. The highest BCUT2D eigenvalue weighted by Crippen LogP contribution is 2.30. The normalized spacial score (nSPS) is 16.2. The van der Waals surface area contributed by atoms with E-state index >= 15 is 0 Å². The standard InChI is InChI=1S/C14H21N3O3S.ClH/c1-11-5-6-12(16-14(18)4-2-7-15)10-13(11)17-8-3-9-21(17,19)20;/h5-6,10H,2-4,7-9,15H2,1H3,(H,16,18);1H. The summed E-state index contributed by atoms with van der Waals surface area (Å²) in [6, 6.07) is 5.32. The molecule has 0 bridgehead atoms. The smallest absolute Gasteiger partial charge is 0.235 e. The minimum atomic E-state index is -3.22. The quantitative estimate of drug-likeness (QED) is 0.846. The van der Waals surface area contributed by atoms with Crippen molar-refractivity contribution < 1.29 is 13.2 Å². The topological polar surface area (TPSA) is 92.5 Å². The third kappa shape index (κ3) is 4.34. The van der Waals surface area contributed by atoms with Gasteiger partial charge in [0.15, 0.2) is 0 Å². The molecule has 0 atom stereocenters. The van der Waals surface area contributed by atoms with Crippen molar-refractivity contribution in [1.82, 2.24) is 0 Å². The molecule has 0 saturated carbocycles. The summed E-state index contributed by atoms with van der Waals surface area (Å²) >= 11 is 0. The van der Waals surface area contributed by atoms with Gasteiger partial charge in [0, 0.05) is 18.7 Å². The van der Waals surface area contributed by atoms with Gasteiger partial charge in [-0.1, -0.05) is 6.07 Å². The first-order valence-corrected chi connectivity index (χ1v) is 8.66. The number of anilines is 2. The van der Waals surface area contributed by atoms with Gasteiger partial charge in [0.05, 0.1) is 11.4 Å². The van der Waals surface area contributed by atoms with Crippen LogP contribution >= 0.6 is 12.4 Å². The second kappa shape index (κ2) is 7.80. The lowest BCUT2D eigenvalue weighted by Crippen LogP contribution is -2.26. The molecule has 6 nitrogen and oxygen atoms in total. The first kappa shape index (κ1) is 18.7. The summed E-state index contributed by atoms with van der Waals surface area (Å²) in [5, 5.41) is 2.78. The monoisotopic (exact) mass is 347 g/mol. The minimum Gasteiger partial charge on any atom is -0.330 e. The Morgan fingerprint density at radius 3 is 2.73 bits per heavy atom. The fraction of sp³-hybridized carbons (Fsp3) is 0.500. The zero-order valence-corrected chi connectivity index (χ0v) is 14.2. The summed E-state index contributed by atoms with van der Waals surface area (Å²) in [6.45, 7) is 2.83. The van der Waals surface area contributed by atoms with Gasteiger partial charge in [0.25, 0.3) is 0 Å². The molecule has 1 saturated heterocycles. The molecule has 1 amide bonds. The molecule has 8 heteroatoms. The van der Waals surface area contributed by atoms with Crippen LogP contribution in [0.5, 0.6) is 0 Å². The molecule has 0 spiro atoms. The fourth-order valence-electron chi connectivity index (χ4n) is 2.35. The molecular weight excluding hydrogens is 326 g/mol. The summed E-state index contributed by atoms with van der Waals surface area (Å²) in [5.41, 5.74) is 7.50. The van der Waals surface area contributed by atoms with Crippen LogP contribution in [-0.4, -0.2) is 33.2 Å². The Morgan fingerprint density at radius 2 is 2.14 bits per heavy atom. The van der Waals surface area contributed by atoms with E-state index < -0.39 is 10.0 Å². The van der Waals surface area contributed by atoms with Gasteiger partial charge in [0.2, 0.25) is 15.9 Å². The van der Waals surface area contributed by atoms with Crippen molar-refractivity contribution in [2.75, 3.05) is 28.5 Å². The largest absolute Gasteiger partial charge is 0.330 e. The van der Waals surface area contributed by atoms with Gasteiger partial charge in [-0.2, -0.15) is 0 Å². The van der Waals surface area contributed by atoms with E-state index in [-0.39, 0.29) is 24.1 Å². The Labute approximate surface area is 137 Å². The minimum absolute atomic E-state index is 0. The van der Waals surface area contributed by atoms with Crippen molar-refractivity contribution in [2.45, 2.75) is 26.2 Å². The lowest BCUT2D eigenvalue weighted by atomic mass is 10.1. The van der Waals surface area contributed by atoms with Crippen LogP contribution in [0.4, 0.5) is 11.4 Å². The number of benzene rings is 1. The van der Waals surface area contributed by atoms with E-state index in [9.17, 15) is 13.2 Å². The van der Waals surface area contributed by atoms with Crippen molar-refractivity contribution in [3.05, 3.63) is 23.8 Å². The molecule has 1 aromatic rings. The first-order valence-electron chi connectivity index (χ1n) is 7.05. The predicted octanol–water partition coefficient (Wildman–Crippen LogP) is 1.63. The summed E-state index contributed by atoms with van der Waals surface area (Å²) in [4.78, 5) is 11.7. The SMILES string of the molecule is Cc1ccc(NC(=O)CCCN)cc1N1CCCS1(=O)=O.Cl. The van der Waals surface area contributed by atoms with Gasteiger partial charge in [-0.15, -0.1) is 12.4 Å². The van der Waals surface area contributed by atoms with Crippen molar-refractivity contribution in [2.24, 2.45) is 5.73 Å². The Hall–Kier alpha value is -1.31. The third-order valence-corrected chi connectivity index (χ3v) is 5.32. The molecule has 1 fully saturated rings. The average Bonchev–Trinajstić information content (AvgIpc) is 2.78. The van der Waals surface area contributed by atoms with Crippen molar-refractivity contribution in [3.63, 3.8) is 0 Å². The number of rotatable bonds is 5. The van der Waals surface area contributed by atoms with Crippen LogP contribution in [0.15, 0.2) is 18.2 Å². The van der Waals surface area contributed by atoms with Crippen LogP contribution in [0.2, 0.25) is 0 Å². The number of carbonyl (C=O) groups is 1. The molecule has 1 heterocycles. The molecule has 0 unspecified atom stereocenters. The Kier molecular flexibility index (Phi) is 6.65. The summed E-state index contributed by atoms with van der Waals surface area (Å²) < 4.78 is 25.5. The van der Waals surface area contributed by atoms with E-state index in [1.54, 1.807) is 12.1 Å². The highest BCUT2D eigenvalue weighted by Gasteiger charge is 2.29. The van der Waals surface area contributed by atoms with E-state index in [1.807, 2.05) is 13.0 Å². The van der Waals surface area contributed by atoms with Crippen molar-refractivity contribution in [1.29, 1.82) is 0 Å². The van der Waals surface area contributed by atoms with Crippen LogP contribution < -0.4 is 15.4 Å². The number of nitrogens with two attached hydrogens (primary N) is 1. The van der Waals surface area contributed by atoms with Crippen molar-refractivity contribution >= 4 is 39.7 Å². The highest BCUT2D eigenvalue weighted by atomic mass is 35.5. The predicted molar refractivity (Wildman–Crippen MR) is 91.1 cm³/mol. The maximum Gasteiger partial charge on any atom is 0.235 e. The van der Waals surface area contributed by atoms with Crippen LogP contribution in [-0.2, 0) is 14.8 Å². The first-order chi connectivity index (χ1) is 9.94. The lowest BCUT2D eigenvalue weighted by Gasteiger charge is -2.20. The summed E-state index contributed by atoms with van der Waals surface area (Å²) in [6.07, 6.45) is 1.63. The second-order valence-corrected chi connectivity index (χ2v) is 7.20. The zero-order chi connectivity index (χ0) is 15.5. The average molecular weight is 348 g/mol. The van der Waals surface area contributed by atoms with E-state index in [2.05, 4.69) is 5.32 Å². The van der Waals surface area contributed by atoms with Crippen LogP contribution in [0.1, 0.15) is 24.8 Å². The molecule has 3 N–H and O–H groups in total. The van der Waals surface area contributed by atoms with E-state index in [0.717, 1.165) is 5.56 Å². The molecule has 22 heavy (non-hydrogen) atoms. The molecule has 0 aliphatic carbocycles. The fourth-order valence-corrected chi connectivity index (χ4v) is 3.97. The Balaban J connectivity index is 0.00000242. The van der Waals surface area contributed by atoms with Gasteiger partial charge in [-0.05, 0) is 44.0 Å². The Bertz CT molecular complexity index is 634. The van der Waals surface area contributed by atoms with Crippen molar-refractivity contribution in [3.8, 4) is 0 Å². The molecule has 0 aromatic heterocycles. The maximum atomic E-state index is 12.0. The number of nitrogens with one attached hydrogen (secondary N) is 1. The molecular formula is C14H22ClN3O3S. The summed E-state index contributed by atoms with van der Waals surface area (Å²) in [7, 11) is -3.22. The van der Waals surface area contributed by atoms with Gasteiger partial charge in [0.1, 0.15) is 0 Å². The number of sulfonamides is 1. The molecule has 1 aromatic carbocycles. The number of halogens is 1. The number of amides is 1. The summed E-state index contributed by atoms with van der Waals surface area (Å²) in [5.74, 6) is 0.0685. The van der Waals surface area contributed by atoms with E-state index in [4.69, 9.17) is 5.73 Å². The number of nitrogens with zero attached hydrogens (tertiary/aromatic N) is 1. The number of aryl methyl sites for hydroxylation is 1. The third-order valence-electron chi connectivity index (χ3n) is 3.47. The zero-order valence-electron chi connectivity index (χ0n) is 12.5. The number of hydrogen-bond acceptors (Lipinski definition) is 4. The van der Waals surface area contributed by atoms with Gasteiger partial charge in [-0.25, -0.2) is 8.42 Å². The van der Waals surface area contributed by atoms with E-state index in [1.165, 1.54) is 4.31 Å². The maximum absolute atomic E-state index is 12.0.